The number of nitrogens with one attached hydrogen (secondary N) is 1. The van der Waals surface area contributed by atoms with Gasteiger partial charge in [0.25, 0.3) is 0 Å². The molecule has 0 bridgehead atoms. The van der Waals surface area contributed by atoms with Gasteiger partial charge in [-0.3, -0.25) is 9.59 Å². The van der Waals surface area contributed by atoms with Gasteiger partial charge in [0.15, 0.2) is 0 Å². The van der Waals surface area contributed by atoms with Crippen molar-refractivity contribution in [3.8, 4) is 0 Å². The highest BCUT2D eigenvalue weighted by Crippen LogP contribution is 2.26. The van der Waals surface area contributed by atoms with Gasteiger partial charge in [0.1, 0.15) is 6.04 Å². The maximum Gasteiger partial charge on any atom is 0.243 e. The molecule has 0 radical (unpaired) electrons. The minimum Gasteiger partial charge on any atom is -0.376 e. The number of benzene rings is 1. The van der Waals surface area contributed by atoms with E-state index >= 15 is 0 Å². The Bertz CT molecular complexity index is 703. The number of hydrogen-bond donors (Lipinski definition) is 1. The first kappa shape index (κ1) is 21.8. The van der Waals surface area contributed by atoms with E-state index in [2.05, 4.69) is 24.4 Å². The summed E-state index contributed by atoms with van der Waals surface area (Å²) in [4.78, 5) is 27.6. The van der Waals surface area contributed by atoms with Crippen LogP contribution >= 0.6 is 0 Å². The van der Waals surface area contributed by atoms with Crippen molar-refractivity contribution in [1.82, 2.24) is 10.2 Å². The fraction of sp³-hybridized carbons (Fsp3) is 0.667. The number of amides is 2. The van der Waals surface area contributed by atoms with Crippen LogP contribution in [0.15, 0.2) is 24.3 Å². The molecular weight excluding hydrogens is 364 g/mol. The smallest absolute Gasteiger partial charge is 0.243 e. The largest absolute Gasteiger partial charge is 0.376 e. The Hall–Kier alpha value is -1.88. The summed E-state index contributed by atoms with van der Waals surface area (Å²) >= 11 is 0. The number of fused-ring (bicyclic) bond motifs is 1. The average Bonchev–Trinajstić information content (AvgIpc) is 2.70. The molecule has 2 amide bonds. The Balaban J connectivity index is 1.57. The second-order valence-corrected chi connectivity index (χ2v) is 9.07. The summed E-state index contributed by atoms with van der Waals surface area (Å²) < 4.78 is 6.02. The molecule has 1 aliphatic carbocycles. The summed E-state index contributed by atoms with van der Waals surface area (Å²) in [5.41, 5.74) is 2.30. The van der Waals surface area contributed by atoms with Crippen LogP contribution in [-0.2, 0) is 27.3 Å². The molecule has 5 heteroatoms. The van der Waals surface area contributed by atoms with Crippen LogP contribution in [0.1, 0.15) is 64.0 Å². The molecule has 0 aromatic heterocycles. The van der Waals surface area contributed by atoms with Gasteiger partial charge >= 0.3 is 0 Å². The van der Waals surface area contributed by atoms with Crippen LogP contribution in [-0.4, -0.2) is 42.0 Å². The van der Waals surface area contributed by atoms with Crippen LogP contribution in [0.25, 0.3) is 0 Å². The lowest BCUT2D eigenvalue weighted by molar-refractivity contribution is -0.142. The summed E-state index contributed by atoms with van der Waals surface area (Å²) in [6, 6.07) is 7.67. The molecule has 3 unspecified atom stereocenters. The Morgan fingerprint density at radius 3 is 2.62 bits per heavy atom. The first-order valence-corrected chi connectivity index (χ1v) is 11.2. The van der Waals surface area contributed by atoms with Crippen LogP contribution in [0.3, 0.4) is 0 Å². The van der Waals surface area contributed by atoms with Gasteiger partial charge in [-0.05, 0) is 35.8 Å². The van der Waals surface area contributed by atoms with Crippen molar-refractivity contribution in [1.29, 1.82) is 0 Å². The van der Waals surface area contributed by atoms with Crippen molar-refractivity contribution in [2.45, 2.75) is 78.0 Å². The topological polar surface area (TPSA) is 58.6 Å². The Morgan fingerprint density at radius 1 is 1.17 bits per heavy atom. The van der Waals surface area contributed by atoms with Crippen LogP contribution < -0.4 is 5.32 Å². The van der Waals surface area contributed by atoms with Crippen molar-refractivity contribution in [3.63, 3.8) is 0 Å². The molecule has 1 aromatic carbocycles. The third-order valence-electron chi connectivity index (χ3n) is 6.22. The summed E-state index contributed by atoms with van der Waals surface area (Å²) in [6.45, 7) is 7.86. The molecule has 1 saturated carbocycles. The highest BCUT2D eigenvalue weighted by molar-refractivity contribution is 5.88. The minimum absolute atomic E-state index is 0.0573. The van der Waals surface area contributed by atoms with Crippen molar-refractivity contribution >= 4 is 11.8 Å². The lowest BCUT2D eigenvalue weighted by atomic mass is 9.88. The van der Waals surface area contributed by atoms with E-state index in [0.29, 0.717) is 44.6 Å². The summed E-state index contributed by atoms with van der Waals surface area (Å²) in [5.74, 6) is 0.853. The number of hydrogen-bond acceptors (Lipinski definition) is 3. The van der Waals surface area contributed by atoms with Crippen LogP contribution in [0.2, 0.25) is 0 Å². The number of rotatable bonds is 7. The van der Waals surface area contributed by atoms with Crippen LogP contribution in [0.4, 0.5) is 0 Å². The third-order valence-corrected chi connectivity index (χ3v) is 6.22. The van der Waals surface area contributed by atoms with Gasteiger partial charge in [-0.1, -0.05) is 57.9 Å². The minimum atomic E-state index is -0.440. The predicted octanol–water partition coefficient (Wildman–Crippen LogP) is 3.70. The SMILES string of the molecule is CC(C)CC(=O)N1Cc2ccccc2CC1C(=O)NCCOC1CCCCC1C. The van der Waals surface area contributed by atoms with E-state index in [1.54, 1.807) is 4.90 Å². The van der Waals surface area contributed by atoms with Gasteiger partial charge in [0.2, 0.25) is 11.8 Å². The van der Waals surface area contributed by atoms with E-state index in [9.17, 15) is 9.59 Å². The molecule has 3 rings (SSSR count). The average molecular weight is 401 g/mol. The molecule has 5 nitrogen and oxygen atoms in total. The molecule has 160 valence electrons. The summed E-state index contributed by atoms with van der Waals surface area (Å²) in [7, 11) is 0. The fourth-order valence-corrected chi connectivity index (χ4v) is 4.52. The van der Waals surface area contributed by atoms with Gasteiger partial charge in [0, 0.05) is 25.9 Å². The lowest BCUT2D eigenvalue weighted by Gasteiger charge is -2.36. The maximum absolute atomic E-state index is 13.0. The van der Waals surface area contributed by atoms with E-state index in [-0.39, 0.29) is 17.7 Å². The monoisotopic (exact) mass is 400 g/mol. The Labute approximate surface area is 175 Å². The normalized spacial score (nSPS) is 24.3. The van der Waals surface area contributed by atoms with E-state index in [1.807, 2.05) is 26.0 Å². The van der Waals surface area contributed by atoms with Crippen molar-refractivity contribution in [3.05, 3.63) is 35.4 Å². The zero-order valence-corrected chi connectivity index (χ0v) is 18.2. The number of carbonyl (C=O) groups is 2. The third kappa shape index (κ3) is 5.81. The second-order valence-electron chi connectivity index (χ2n) is 9.07. The number of ether oxygens (including phenoxy) is 1. The molecule has 1 aromatic rings. The fourth-order valence-electron chi connectivity index (χ4n) is 4.52. The van der Waals surface area contributed by atoms with Crippen LogP contribution in [0.5, 0.6) is 0 Å². The molecule has 29 heavy (non-hydrogen) atoms. The van der Waals surface area contributed by atoms with Gasteiger partial charge in [-0.15, -0.1) is 0 Å². The Morgan fingerprint density at radius 2 is 1.90 bits per heavy atom. The zero-order valence-electron chi connectivity index (χ0n) is 18.2. The first-order chi connectivity index (χ1) is 14.0. The Kier molecular flexibility index (Phi) is 7.70. The zero-order chi connectivity index (χ0) is 20.8. The number of nitrogens with zero attached hydrogens (tertiary/aromatic N) is 1. The van der Waals surface area contributed by atoms with Gasteiger partial charge in [-0.25, -0.2) is 0 Å². The number of carbonyl (C=O) groups excluding carboxylic acids is 2. The second kappa shape index (κ2) is 10.2. The maximum atomic E-state index is 13.0. The van der Waals surface area contributed by atoms with E-state index < -0.39 is 6.04 Å². The van der Waals surface area contributed by atoms with Gasteiger partial charge in [-0.2, -0.15) is 0 Å². The van der Waals surface area contributed by atoms with E-state index in [0.717, 1.165) is 17.5 Å². The van der Waals surface area contributed by atoms with E-state index in [4.69, 9.17) is 4.74 Å². The molecule has 0 spiro atoms. The van der Waals surface area contributed by atoms with Crippen molar-refractivity contribution < 1.29 is 14.3 Å². The molecule has 1 heterocycles. The molecule has 1 fully saturated rings. The molecule has 2 aliphatic rings. The van der Waals surface area contributed by atoms with Crippen molar-refractivity contribution in [2.24, 2.45) is 11.8 Å². The standard InChI is InChI=1S/C24H36N2O3/c1-17(2)14-23(27)26-16-20-10-6-5-9-19(20)15-21(26)24(28)25-12-13-29-22-11-7-4-8-18(22)3/h5-6,9-10,17-18,21-22H,4,7-8,11-16H2,1-3H3,(H,25,28). The van der Waals surface area contributed by atoms with Crippen molar-refractivity contribution in [2.75, 3.05) is 13.2 Å². The summed E-state index contributed by atoms with van der Waals surface area (Å²) in [5, 5.41) is 3.02. The van der Waals surface area contributed by atoms with E-state index in [1.165, 1.54) is 19.3 Å². The molecule has 0 saturated heterocycles. The van der Waals surface area contributed by atoms with Gasteiger partial charge in [0.05, 0.1) is 12.7 Å². The highest BCUT2D eigenvalue weighted by atomic mass is 16.5. The molecule has 1 N–H and O–H groups in total. The molecule has 1 aliphatic heterocycles. The molecular formula is C24H36N2O3. The summed E-state index contributed by atoms with van der Waals surface area (Å²) in [6.07, 6.45) is 6.22. The highest BCUT2D eigenvalue weighted by Gasteiger charge is 2.34. The predicted molar refractivity (Wildman–Crippen MR) is 114 cm³/mol. The van der Waals surface area contributed by atoms with Crippen LogP contribution in [0, 0.1) is 11.8 Å². The molecule has 3 atom stereocenters. The quantitative estimate of drug-likeness (QED) is 0.710. The van der Waals surface area contributed by atoms with Gasteiger partial charge < -0.3 is 15.0 Å². The lowest BCUT2D eigenvalue weighted by Crippen LogP contribution is -2.53. The first-order valence-electron chi connectivity index (χ1n) is 11.2.